The first-order valence-corrected chi connectivity index (χ1v) is 20.0. The predicted octanol–water partition coefficient (Wildman–Crippen LogP) is 6.42. The Balaban J connectivity index is 1.25. The van der Waals surface area contributed by atoms with Crippen molar-refractivity contribution in [2.45, 2.75) is 76.9 Å². The number of ether oxygens (including phenoxy) is 3. The molecule has 3 aliphatic rings. The van der Waals surface area contributed by atoms with Crippen LogP contribution in [0.25, 0.3) is 5.57 Å². The number of β-amino-alcohol motifs (C(OH)–C–C–N with tert-alkyl or cyclic N) is 1. The maximum Gasteiger partial charge on any atom is 0.320 e. The van der Waals surface area contributed by atoms with Crippen LogP contribution in [-0.4, -0.2) is 99.8 Å². The predicted molar refractivity (Wildman–Crippen MR) is 214 cm³/mol. The van der Waals surface area contributed by atoms with Crippen LogP contribution in [0.4, 0.5) is 0 Å². The summed E-state index contributed by atoms with van der Waals surface area (Å²) >= 11 is 6.99. The zero-order chi connectivity index (χ0) is 39.7. The average Bonchev–Trinajstić information content (AvgIpc) is 3.20. The minimum Gasteiger partial charge on any atom is -0.489 e. The summed E-state index contributed by atoms with van der Waals surface area (Å²) in [6, 6.07) is 15.1. The molecule has 3 aromatic rings. The van der Waals surface area contributed by atoms with Crippen molar-refractivity contribution in [2.24, 2.45) is 11.8 Å². The number of halogens is 1. The molecule has 2 saturated heterocycles. The number of carboxylic acids is 1. The van der Waals surface area contributed by atoms with Gasteiger partial charge in [0, 0.05) is 74.3 Å². The third-order valence-corrected chi connectivity index (χ3v) is 11.8. The minimum absolute atomic E-state index is 0.000711. The molecule has 3 N–H and O–H groups in total. The van der Waals surface area contributed by atoms with Gasteiger partial charge in [-0.15, -0.1) is 0 Å². The number of hydrogen-bond donors (Lipinski definition) is 3. The largest absolute Gasteiger partial charge is 0.489 e. The first-order chi connectivity index (χ1) is 27.1. The lowest BCUT2D eigenvalue weighted by Gasteiger charge is -2.40. The van der Waals surface area contributed by atoms with Gasteiger partial charge in [-0.1, -0.05) is 61.4 Å². The van der Waals surface area contributed by atoms with E-state index in [4.69, 9.17) is 25.8 Å². The van der Waals surface area contributed by atoms with Gasteiger partial charge >= 0.3 is 5.97 Å². The monoisotopic (exact) mass is 784 g/mol. The molecule has 0 spiro atoms. The van der Waals surface area contributed by atoms with E-state index in [1.54, 1.807) is 24.4 Å². The van der Waals surface area contributed by atoms with Crippen LogP contribution < -0.4 is 9.47 Å². The minimum atomic E-state index is -0.856. The number of aliphatic hydroxyl groups excluding tert-OH is 2. The number of nitriles is 1. The van der Waals surface area contributed by atoms with Crippen LogP contribution >= 0.6 is 11.6 Å². The summed E-state index contributed by atoms with van der Waals surface area (Å²) in [6.07, 6.45) is 12.7. The van der Waals surface area contributed by atoms with Crippen LogP contribution in [0.15, 0.2) is 73.1 Å². The highest BCUT2D eigenvalue weighted by Gasteiger charge is 2.41. The van der Waals surface area contributed by atoms with Crippen LogP contribution in [0.3, 0.4) is 0 Å². The first-order valence-electron chi connectivity index (χ1n) is 19.6. The van der Waals surface area contributed by atoms with Crippen molar-refractivity contribution < 1.29 is 34.3 Å². The van der Waals surface area contributed by atoms with Gasteiger partial charge < -0.3 is 34.4 Å². The van der Waals surface area contributed by atoms with E-state index < -0.39 is 23.7 Å². The number of benzene rings is 2. The fourth-order valence-corrected chi connectivity index (χ4v) is 8.33. The maximum absolute atomic E-state index is 12.2. The fourth-order valence-electron chi connectivity index (χ4n) is 8.09. The molecule has 0 amide bonds. The van der Waals surface area contributed by atoms with Gasteiger partial charge in [-0.05, 0) is 80.6 Å². The Morgan fingerprint density at radius 2 is 1.95 bits per heavy atom. The molecule has 2 aromatic carbocycles. The number of likely N-dealkylation sites (tertiary alicyclic amines) is 2. The number of nitrogens with zero attached hydrogens (tertiary/aromatic N) is 4. The highest BCUT2D eigenvalue weighted by atomic mass is 35.5. The van der Waals surface area contributed by atoms with Gasteiger partial charge in [0.2, 0.25) is 0 Å². The summed E-state index contributed by atoms with van der Waals surface area (Å²) in [4.78, 5) is 20.5. The van der Waals surface area contributed by atoms with Gasteiger partial charge in [-0.25, -0.2) is 0 Å². The van der Waals surface area contributed by atoms with Gasteiger partial charge in [-0.3, -0.25) is 14.7 Å². The SMILES string of the molecule is Cc1ccccc1C1=CC=CC(COc2cc(OCc3cncc(C#N)c3)c(CN3CCCC[C@H]3C(=O)O)cc2Cl)(OCCCN2CC[C@H](CO)[C@H](O)C2)C1C. The molecule has 5 atom stereocenters. The number of allylic oxidation sites excluding steroid dienone is 2. The number of pyridine rings is 1. The van der Waals surface area contributed by atoms with Gasteiger partial charge in [0.25, 0.3) is 0 Å². The molecule has 11 nitrogen and oxygen atoms in total. The summed E-state index contributed by atoms with van der Waals surface area (Å²) in [5.41, 5.74) is 4.45. The lowest BCUT2D eigenvalue weighted by Crippen LogP contribution is -2.47. The normalized spacial score (nSPS) is 24.3. The lowest BCUT2D eigenvalue weighted by atomic mass is 9.76. The Morgan fingerprint density at radius 1 is 1.11 bits per heavy atom. The molecule has 2 fully saturated rings. The summed E-state index contributed by atoms with van der Waals surface area (Å²) in [5.74, 6) is -0.125. The number of aliphatic carboxylic acids is 1. The van der Waals surface area contributed by atoms with Gasteiger partial charge in [0.1, 0.15) is 42.4 Å². The molecule has 12 heteroatoms. The van der Waals surface area contributed by atoms with Crippen molar-refractivity contribution >= 4 is 23.1 Å². The summed E-state index contributed by atoms with van der Waals surface area (Å²) in [7, 11) is 0. The van der Waals surface area contributed by atoms with Gasteiger partial charge in [-0.2, -0.15) is 5.26 Å². The Labute approximate surface area is 334 Å². The Hall–Kier alpha value is -4.28. The van der Waals surface area contributed by atoms with Gasteiger partial charge in [0.15, 0.2) is 0 Å². The van der Waals surface area contributed by atoms with E-state index in [9.17, 15) is 25.4 Å². The van der Waals surface area contributed by atoms with E-state index in [1.165, 1.54) is 6.20 Å². The zero-order valence-electron chi connectivity index (χ0n) is 32.3. The number of piperidine rings is 2. The van der Waals surface area contributed by atoms with Crippen molar-refractivity contribution in [3.8, 4) is 17.6 Å². The molecular weight excluding hydrogens is 732 g/mol. The van der Waals surface area contributed by atoms with Crippen LogP contribution in [0.2, 0.25) is 5.02 Å². The van der Waals surface area contributed by atoms with Gasteiger partial charge in [0.05, 0.1) is 16.7 Å². The number of carbonyl (C=O) groups is 1. The van der Waals surface area contributed by atoms with Crippen molar-refractivity contribution in [3.63, 3.8) is 0 Å². The topological polar surface area (TPSA) is 149 Å². The number of hydrogen-bond acceptors (Lipinski definition) is 10. The molecule has 1 aromatic heterocycles. The Kier molecular flexibility index (Phi) is 14.2. The maximum atomic E-state index is 12.2. The number of aliphatic hydroxyl groups is 2. The summed E-state index contributed by atoms with van der Waals surface area (Å²) < 4.78 is 19.9. The number of aryl methyl sites for hydroxylation is 1. The highest BCUT2D eigenvalue weighted by molar-refractivity contribution is 6.32. The Morgan fingerprint density at radius 3 is 2.71 bits per heavy atom. The lowest BCUT2D eigenvalue weighted by molar-refractivity contribution is -0.144. The van der Waals surface area contributed by atoms with E-state index >= 15 is 0 Å². The molecule has 0 radical (unpaired) electrons. The van der Waals surface area contributed by atoms with Crippen LogP contribution in [0, 0.1) is 30.1 Å². The quantitative estimate of drug-likeness (QED) is 0.138. The number of carboxylic acid groups (broad SMARTS) is 1. The second kappa shape index (κ2) is 19.2. The van der Waals surface area contributed by atoms with E-state index in [-0.39, 0.29) is 31.7 Å². The van der Waals surface area contributed by atoms with Crippen molar-refractivity contribution in [2.75, 3.05) is 46.0 Å². The van der Waals surface area contributed by atoms with Crippen LogP contribution in [0.1, 0.15) is 66.8 Å². The van der Waals surface area contributed by atoms with E-state index in [0.717, 1.165) is 61.0 Å². The Bertz CT molecular complexity index is 1930. The third-order valence-electron chi connectivity index (χ3n) is 11.5. The zero-order valence-corrected chi connectivity index (χ0v) is 33.0. The molecule has 6 rings (SSSR count). The van der Waals surface area contributed by atoms with E-state index in [1.807, 2.05) is 23.1 Å². The van der Waals surface area contributed by atoms with Crippen LogP contribution in [-0.2, 0) is 22.7 Å². The average molecular weight is 785 g/mol. The van der Waals surface area contributed by atoms with Crippen molar-refractivity contribution in [1.82, 2.24) is 14.8 Å². The van der Waals surface area contributed by atoms with Crippen LogP contribution in [0.5, 0.6) is 11.5 Å². The summed E-state index contributed by atoms with van der Waals surface area (Å²) in [6.45, 7) is 8.06. The first kappa shape index (κ1) is 41.4. The second-order valence-electron chi connectivity index (χ2n) is 15.3. The van der Waals surface area contributed by atoms with E-state index in [0.29, 0.717) is 60.3 Å². The van der Waals surface area contributed by atoms with Crippen molar-refractivity contribution in [3.05, 3.63) is 106 Å². The molecule has 1 aliphatic carbocycles. The molecule has 2 aliphatic heterocycles. The summed E-state index contributed by atoms with van der Waals surface area (Å²) in [5, 5.41) is 39.8. The fraction of sp³-hybridized carbons (Fsp3) is 0.477. The smallest absolute Gasteiger partial charge is 0.320 e. The second-order valence-corrected chi connectivity index (χ2v) is 15.7. The molecule has 298 valence electrons. The molecule has 0 saturated carbocycles. The molecular formula is C44H53ClN4O7. The molecule has 0 bridgehead atoms. The third kappa shape index (κ3) is 9.98. The highest BCUT2D eigenvalue weighted by Crippen LogP contribution is 2.42. The number of rotatable bonds is 16. The standard InChI is InChI=1S/C44H53ClN4O7/c1-30-9-3-4-10-36(30)37-11-7-14-44(31(37)2,56-18-8-15-48-17-13-34(27-50)40(51)26-48)29-55-42-21-41(54-28-33-19-32(22-46)23-47-24-33)35(20-38(42)45)25-49-16-6-5-12-39(49)43(52)53/h3-4,7,9-11,14,19-21,23-24,31,34,39-40,50-51H,5-6,8,12-13,15-18,25-29H2,1-2H3,(H,52,53)/t31?,34-,39+,40-,44?/m1/s1. The molecule has 56 heavy (non-hydrogen) atoms. The molecule has 3 heterocycles. The van der Waals surface area contributed by atoms with Crippen molar-refractivity contribution in [1.29, 1.82) is 5.26 Å². The number of aromatic nitrogens is 1. The molecule has 2 unspecified atom stereocenters. The van der Waals surface area contributed by atoms with E-state index in [2.05, 4.69) is 54.1 Å².